The molecule has 3 amide bonds. The fraction of sp³-hybridized carbons (Fsp3) is 0.667. The van der Waals surface area contributed by atoms with E-state index in [9.17, 15) is 37.2 Å². The first-order valence-corrected chi connectivity index (χ1v) is 13.6. The molecule has 0 radical (unpaired) electrons. The van der Waals surface area contributed by atoms with Gasteiger partial charge in [0.15, 0.2) is 11.5 Å². The maximum Gasteiger partial charge on any atom is 0.576 e. The van der Waals surface area contributed by atoms with Crippen LogP contribution in [0.15, 0.2) is 12.4 Å². The van der Waals surface area contributed by atoms with Gasteiger partial charge in [0.05, 0.1) is 17.8 Å². The molecular weight excluding hydrogens is 566 g/mol. The molecule has 1 aromatic heterocycles. The van der Waals surface area contributed by atoms with Crippen molar-refractivity contribution in [1.29, 1.82) is 5.26 Å². The van der Waals surface area contributed by atoms with Gasteiger partial charge in [0.1, 0.15) is 37.5 Å². The molecule has 2 saturated carbocycles. The second-order valence-corrected chi connectivity index (χ2v) is 12.2. The summed E-state index contributed by atoms with van der Waals surface area (Å²) in [6.07, 6.45) is -4.72. The molecule has 2 N–H and O–H groups in total. The van der Waals surface area contributed by atoms with Crippen LogP contribution < -0.4 is 20.1 Å². The predicted octanol–water partition coefficient (Wildman–Crippen LogP) is 3.02. The van der Waals surface area contributed by atoms with Crippen molar-refractivity contribution in [1.82, 2.24) is 20.5 Å². The van der Waals surface area contributed by atoms with Gasteiger partial charge >= 0.3 is 12.5 Å². The summed E-state index contributed by atoms with van der Waals surface area (Å²) in [7, 11) is 0. The van der Waals surface area contributed by atoms with E-state index in [1.165, 1.54) is 38.1 Å². The molecule has 3 fully saturated rings. The van der Waals surface area contributed by atoms with Gasteiger partial charge in [-0.25, -0.2) is 9.18 Å². The highest BCUT2D eigenvalue weighted by molar-refractivity contribution is 5.93. The van der Waals surface area contributed by atoms with E-state index in [-0.39, 0.29) is 42.9 Å². The predicted molar refractivity (Wildman–Crippen MR) is 134 cm³/mol. The lowest BCUT2D eigenvalue weighted by Crippen LogP contribution is -2.59. The number of pyridine rings is 1. The van der Waals surface area contributed by atoms with Crippen molar-refractivity contribution in [3.8, 4) is 17.6 Å². The molecule has 5 rings (SSSR count). The Hall–Kier alpha value is -3.83. The van der Waals surface area contributed by atoms with Gasteiger partial charge in [-0.3, -0.25) is 14.6 Å². The van der Waals surface area contributed by atoms with Crippen LogP contribution in [-0.2, 0) is 14.3 Å². The summed E-state index contributed by atoms with van der Waals surface area (Å²) in [6.45, 7) is 5.15. The lowest BCUT2D eigenvalue weighted by atomic mass is 9.77. The van der Waals surface area contributed by atoms with Gasteiger partial charge in [-0.2, -0.15) is 5.26 Å². The van der Waals surface area contributed by atoms with Crippen LogP contribution in [0.5, 0.6) is 11.5 Å². The minimum atomic E-state index is -5.27. The number of hydrogen-bond donors (Lipinski definition) is 2. The zero-order chi connectivity index (χ0) is 30.6. The summed E-state index contributed by atoms with van der Waals surface area (Å²) < 4.78 is 67.7. The van der Waals surface area contributed by atoms with Crippen molar-refractivity contribution in [2.75, 3.05) is 19.8 Å². The zero-order valence-electron chi connectivity index (χ0n) is 23.1. The summed E-state index contributed by atoms with van der Waals surface area (Å²) in [6, 6.07) is -2.01. The average molecular weight is 598 g/mol. The Morgan fingerprint density at radius 1 is 1.12 bits per heavy atom. The number of carbonyl (C=O) groups excluding carboxylic acids is 3. The van der Waals surface area contributed by atoms with E-state index in [4.69, 9.17) is 9.47 Å². The van der Waals surface area contributed by atoms with Crippen molar-refractivity contribution in [2.45, 2.75) is 64.3 Å². The number of halogens is 4. The molecule has 1 saturated heterocycles. The molecule has 3 heterocycles. The van der Waals surface area contributed by atoms with Crippen LogP contribution in [-0.4, -0.2) is 72.2 Å². The molecule has 8 atom stereocenters. The van der Waals surface area contributed by atoms with Gasteiger partial charge in [-0.1, -0.05) is 20.8 Å². The topological polar surface area (TPSA) is 143 Å². The molecule has 4 aliphatic rings. The normalized spacial score (nSPS) is 29.2. The smallest absolute Gasteiger partial charge is 0.486 e. The third kappa shape index (κ3) is 5.50. The molecule has 15 heteroatoms. The van der Waals surface area contributed by atoms with Crippen LogP contribution in [0.4, 0.5) is 22.4 Å². The van der Waals surface area contributed by atoms with Crippen LogP contribution in [0.2, 0.25) is 0 Å². The number of nitriles is 1. The van der Waals surface area contributed by atoms with Gasteiger partial charge in [0.25, 0.3) is 0 Å². The number of nitrogens with one attached hydrogen (secondary N) is 2. The summed E-state index contributed by atoms with van der Waals surface area (Å²) in [5, 5.41) is 14.6. The molecule has 2 aliphatic heterocycles. The number of alkyl carbamates (subject to hydrolysis) is 1. The number of aromatic nitrogens is 1. The van der Waals surface area contributed by atoms with E-state index < -0.39 is 65.8 Å². The highest BCUT2D eigenvalue weighted by atomic mass is 19.4. The minimum absolute atomic E-state index is 0.0501. The summed E-state index contributed by atoms with van der Waals surface area (Å²) in [5.41, 5.74) is -0.862. The molecule has 0 aromatic carbocycles. The number of amides is 3. The Morgan fingerprint density at radius 2 is 1.83 bits per heavy atom. The summed E-state index contributed by atoms with van der Waals surface area (Å²) >= 11 is 0. The van der Waals surface area contributed by atoms with E-state index >= 15 is 0 Å². The fourth-order valence-electron chi connectivity index (χ4n) is 6.95. The number of alkyl halides is 4. The van der Waals surface area contributed by atoms with E-state index in [0.717, 1.165) is 0 Å². The van der Waals surface area contributed by atoms with Crippen molar-refractivity contribution in [3.63, 3.8) is 0 Å². The van der Waals surface area contributed by atoms with Crippen molar-refractivity contribution >= 4 is 17.9 Å². The molecule has 228 valence electrons. The summed E-state index contributed by atoms with van der Waals surface area (Å²) in [4.78, 5) is 45.2. The van der Waals surface area contributed by atoms with Gasteiger partial charge in [0.2, 0.25) is 11.8 Å². The maximum absolute atomic E-state index is 15.0. The number of carbonyl (C=O) groups is 3. The minimum Gasteiger partial charge on any atom is -0.486 e. The molecule has 2 bridgehead atoms. The maximum atomic E-state index is 15.0. The number of rotatable bonds is 5. The molecule has 2 aliphatic carbocycles. The third-order valence-electron chi connectivity index (χ3n) is 8.61. The van der Waals surface area contributed by atoms with E-state index in [2.05, 4.69) is 15.0 Å². The van der Waals surface area contributed by atoms with E-state index in [1.807, 2.05) is 11.4 Å². The van der Waals surface area contributed by atoms with Gasteiger partial charge < -0.3 is 29.7 Å². The van der Waals surface area contributed by atoms with Crippen LogP contribution in [0.25, 0.3) is 0 Å². The Labute approximate surface area is 238 Å². The SMILES string of the molecule is CC(C)(C)C(NC(=O)OC(F)(F)F)C(=O)N1CC2C3CC(F)C(C3)C2C1C(=O)NC(C#N)c1cncc2c1OCCO2. The quantitative estimate of drug-likeness (QED) is 0.494. The molecule has 1 aromatic rings. The van der Waals surface area contributed by atoms with Gasteiger partial charge in [-0.05, 0) is 41.9 Å². The van der Waals surface area contributed by atoms with Gasteiger partial charge in [0, 0.05) is 12.7 Å². The second kappa shape index (κ2) is 10.8. The first-order valence-electron chi connectivity index (χ1n) is 13.6. The van der Waals surface area contributed by atoms with Gasteiger partial charge in [-0.15, -0.1) is 13.2 Å². The Bertz CT molecular complexity index is 1300. The zero-order valence-corrected chi connectivity index (χ0v) is 23.1. The highest BCUT2D eigenvalue weighted by Gasteiger charge is 2.63. The van der Waals surface area contributed by atoms with Crippen LogP contribution in [0, 0.1) is 40.4 Å². The van der Waals surface area contributed by atoms with Crippen molar-refractivity contribution in [3.05, 3.63) is 18.0 Å². The van der Waals surface area contributed by atoms with Crippen LogP contribution in [0.1, 0.15) is 45.2 Å². The number of ether oxygens (including phenoxy) is 3. The first-order chi connectivity index (χ1) is 19.7. The molecule has 8 unspecified atom stereocenters. The number of hydrogen-bond acceptors (Lipinski definition) is 8. The first kappa shape index (κ1) is 29.7. The van der Waals surface area contributed by atoms with E-state index in [1.54, 1.807) is 0 Å². The highest BCUT2D eigenvalue weighted by Crippen LogP contribution is 2.58. The third-order valence-corrected chi connectivity index (χ3v) is 8.61. The Morgan fingerprint density at radius 3 is 2.50 bits per heavy atom. The lowest BCUT2D eigenvalue weighted by molar-refractivity contribution is -0.291. The van der Waals surface area contributed by atoms with Crippen molar-refractivity contribution < 1.29 is 46.2 Å². The van der Waals surface area contributed by atoms with Crippen molar-refractivity contribution in [2.24, 2.45) is 29.1 Å². The molecular formula is C27H31F4N5O6. The Kier molecular flexibility index (Phi) is 7.61. The lowest BCUT2D eigenvalue weighted by Gasteiger charge is -2.37. The molecule has 0 spiro atoms. The van der Waals surface area contributed by atoms with E-state index in [0.29, 0.717) is 18.6 Å². The molecule has 11 nitrogen and oxygen atoms in total. The van der Waals surface area contributed by atoms with Crippen LogP contribution >= 0.6 is 0 Å². The number of likely N-dealkylation sites (tertiary alicyclic amines) is 1. The average Bonchev–Trinajstić information content (AvgIpc) is 3.58. The second-order valence-electron chi connectivity index (χ2n) is 12.2. The largest absolute Gasteiger partial charge is 0.576 e. The standard InChI is InChI=1S/C27H31F4N5O6/c1-26(2,3)22(35-25(39)42-27(29,30)31)24(38)36-11-15-12-6-13(16(28)7-12)19(15)20(36)23(37)34-17(8-32)14-9-33-10-18-21(14)41-5-4-40-18/h9-10,12-13,15-17,19-20,22H,4-7,11H2,1-3H3,(H,34,37)(H,35,39). The monoisotopic (exact) mass is 597 g/mol. The van der Waals surface area contributed by atoms with Crippen LogP contribution in [0.3, 0.4) is 0 Å². The fourth-order valence-corrected chi connectivity index (χ4v) is 6.95. The summed E-state index contributed by atoms with van der Waals surface area (Å²) in [5.74, 6) is -2.40. The number of fused-ring (bicyclic) bond motifs is 6. The Balaban J connectivity index is 1.45. The number of nitrogens with zero attached hydrogens (tertiary/aromatic N) is 3. The molecule has 42 heavy (non-hydrogen) atoms.